The third-order valence-electron chi connectivity index (χ3n) is 3.79. The number of nitrogens with one attached hydrogen (secondary N) is 1. The summed E-state index contributed by atoms with van der Waals surface area (Å²) in [5.41, 5.74) is 1.02. The average molecular weight is 281 g/mol. The predicted octanol–water partition coefficient (Wildman–Crippen LogP) is 2.00. The first-order valence-electron chi connectivity index (χ1n) is 7.70. The lowest BCUT2D eigenvalue weighted by atomic mass is 10.1. The molecule has 0 aliphatic carbocycles. The van der Waals surface area contributed by atoms with Crippen LogP contribution in [-0.2, 0) is 13.1 Å². The summed E-state index contributed by atoms with van der Waals surface area (Å²) >= 11 is 0. The fourth-order valence-electron chi connectivity index (χ4n) is 1.99. The number of hydrogen-bond acceptors (Lipinski definition) is 4. The molecule has 1 N–H and O–H groups in total. The fourth-order valence-corrected chi connectivity index (χ4v) is 1.99. The Labute approximate surface area is 123 Å². The monoisotopic (exact) mass is 281 g/mol. The molecule has 0 aliphatic heterocycles. The van der Waals surface area contributed by atoms with E-state index in [0.29, 0.717) is 17.9 Å². The van der Waals surface area contributed by atoms with Crippen LogP contribution in [0.15, 0.2) is 6.20 Å². The molecule has 1 aromatic rings. The van der Waals surface area contributed by atoms with Crippen LogP contribution in [0.3, 0.4) is 0 Å². The maximum atomic E-state index is 4.20. The molecule has 0 bridgehead atoms. The second-order valence-electron chi connectivity index (χ2n) is 6.46. The SMILES string of the molecule is CC(C)CNCc1cn(CCN(C)C(C)C(C)C)nn1. The van der Waals surface area contributed by atoms with Crippen molar-refractivity contribution in [2.45, 2.75) is 53.8 Å². The van der Waals surface area contributed by atoms with Gasteiger partial charge in [-0.05, 0) is 32.4 Å². The first-order valence-corrected chi connectivity index (χ1v) is 7.70. The van der Waals surface area contributed by atoms with E-state index >= 15 is 0 Å². The van der Waals surface area contributed by atoms with E-state index in [9.17, 15) is 0 Å². The first-order chi connectivity index (χ1) is 9.40. The van der Waals surface area contributed by atoms with Gasteiger partial charge in [0.05, 0.1) is 12.2 Å². The van der Waals surface area contributed by atoms with Gasteiger partial charge in [-0.1, -0.05) is 32.9 Å². The van der Waals surface area contributed by atoms with E-state index in [0.717, 1.165) is 31.9 Å². The van der Waals surface area contributed by atoms with Crippen molar-refractivity contribution in [3.8, 4) is 0 Å². The Bertz CT molecular complexity index is 372. The van der Waals surface area contributed by atoms with Crippen molar-refractivity contribution in [2.24, 2.45) is 11.8 Å². The van der Waals surface area contributed by atoms with Crippen LogP contribution in [0.5, 0.6) is 0 Å². The van der Waals surface area contributed by atoms with Crippen molar-refractivity contribution in [3.63, 3.8) is 0 Å². The molecule has 20 heavy (non-hydrogen) atoms. The largest absolute Gasteiger partial charge is 0.311 e. The molecule has 0 saturated heterocycles. The molecule has 0 spiro atoms. The Balaban J connectivity index is 2.33. The van der Waals surface area contributed by atoms with E-state index in [1.54, 1.807) is 0 Å². The number of rotatable bonds is 9. The second kappa shape index (κ2) is 8.37. The number of likely N-dealkylation sites (N-methyl/N-ethyl adjacent to an activating group) is 1. The zero-order valence-corrected chi connectivity index (χ0v) is 13.9. The highest BCUT2D eigenvalue weighted by Crippen LogP contribution is 2.07. The highest BCUT2D eigenvalue weighted by atomic mass is 15.4. The van der Waals surface area contributed by atoms with Crippen LogP contribution in [0.1, 0.15) is 40.3 Å². The zero-order chi connectivity index (χ0) is 15.1. The summed E-state index contributed by atoms with van der Waals surface area (Å²) in [6.45, 7) is 14.9. The summed E-state index contributed by atoms with van der Waals surface area (Å²) in [5, 5.41) is 11.8. The van der Waals surface area contributed by atoms with Crippen molar-refractivity contribution < 1.29 is 0 Å². The van der Waals surface area contributed by atoms with Gasteiger partial charge in [-0.3, -0.25) is 4.68 Å². The Morgan fingerprint density at radius 2 is 1.95 bits per heavy atom. The van der Waals surface area contributed by atoms with Gasteiger partial charge in [-0.15, -0.1) is 5.10 Å². The molecule has 1 heterocycles. The summed E-state index contributed by atoms with van der Waals surface area (Å²) in [6, 6.07) is 0.589. The number of nitrogens with zero attached hydrogens (tertiary/aromatic N) is 4. The lowest BCUT2D eigenvalue weighted by molar-refractivity contribution is 0.198. The smallest absolute Gasteiger partial charge is 0.0964 e. The van der Waals surface area contributed by atoms with E-state index in [4.69, 9.17) is 0 Å². The number of aromatic nitrogens is 3. The minimum Gasteiger partial charge on any atom is -0.311 e. The molecule has 1 unspecified atom stereocenters. The molecular weight excluding hydrogens is 250 g/mol. The molecule has 5 nitrogen and oxygen atoms in total. The maximum absolute atomic E-state index is 4.20. The van der Waals surface area contributed by atoms with E-state index in [1.165, 1.54) is 0 Å². The average Bonchev–Trinajstić information content (AvgIpc) is 2.82. The van der Waals surface area contributed by atoms with Gasteiger partial charge in [0.2, 0.25) is 0 Å². The Hall–Kier alpha value is -0.940. The summed E-state index contributed by atoms with van der Waals surface area (Å²) in [6.07, 6.45) is 2.04. The molecule has 5 heteroatoms. The molecule has 1 aromatic heterocycles. The van der Waals surface area contributed by atoms with Gasteiger partial charge in [0.25, 0.3) is 0 Å². The topological polar surface area (TPSA) is 46.0 Å². The van der Waals surface area contributed by atoms with Gasteiger partial charge in [0.1, 0.15) is 0 Å². The molecule has 0 saturated carbocycles. The van der Waals surface area contributed by atoms with Crippen molar-refractivity contribution in [2.75, 3.05) is 20.1 Å². The van der Waals surface area contributed by atoms with Crippen LogP contribution in [0, 0.1) is 11.8 Å². The van der Waals surface area contributed by atoms with Gasteiger partial charge in [0, 0.05) is 25.3 Å². The summed E-state index contributed by atoms with van der Waals surface area (Å²) in [5.74, 6) is 1.34. The minimum absolute atomic E-state index is 0.589. The molecule has 0 aliphatic rings. The Kier molecular flexibility index (Phi) is 7.16. The summed E-state index contributed by atoms with van der Waals surface area (Å²) in [7, 11) is 2.17. The van der Waals surface area contributed by atoms with Crippen LogP contribution in [0.25, 0.3) is 0 Å². The van der Waals surface area contributed by atoms with Crippen molar-refractivity contribution >= 4 is 0 Å². The quantitative estimate of drug-likeness (QED) is 0.752. The molecule has 0 radical (unpaired) electrons. The van der Waals surface area contributed by atoms with Crippen LogP contribution in [-0.4, -0.2) is 46.1 Å². The first kappa shape index (κ1) is 17.1. The molecule has 0 fully saturated rings. The number of hydrogen-bond donors (Lipinski definition) is 1. The van der Waals surface area contributed by atoms with E-state index < -0.39 is 0 Å². The molecule has 1 atom stereocenters. The van der Waals surface area contributed by atoms with Crippen LogP contribution in [0.2, 0.25) is 0 Å². The van der Waals surface area contributed by atoms with Gasteiger partial charge in [0.15, 0.2) is 0 Å². The van der Waals surface area contributed by atoms with Crippen LogP contribution in [0.4, 0.5) is 0 Å². The highest BCUT2D eigenvalue weighted by molar-refractivity contribution is 4.91. The van der Waals surface area contributed by atoms with Gasteiger partial charge in [-0.2, -0.15) is 0 Å². The predicted molar refractivity (Wildman–Crippen MR) is 83.5 cm³/mol. The third-order valence-corrected chi connectivity index (χ3v) is 3.79. The molecule has 0 amide bonds. The molecule has 116 valence electrons. The molecule has 1 rings (SSSR count). The van der Waals surface area contributed by atoms with E-state index in [1.807, 2.05) is 10.9 Å². The lowest BCUT2D eigenvalue weighted by Gasteiger charge is -2.27. The van der Waals surface area contributed by atoms with Crippen molar-refractivity contribution in [1.29, 1.82) is 0 Å². The standard InChI is InChI=1S/C15H31N5/c1-12(2)9-16-10-15-11-20(18-17-15)8-7-19(6)14(5)13(3)4/h11-14,16H,7-10H2,1-6H3. The Morgan fingerprint density at radius 1 is 1.25 bits per heavy atom. The van der Waals surface area contributed by atoms with E-state index in [-0.39, 0.29) is 0 Å². The van der Waals surface area contributed by atoms with Crippen LogP contribution >= 0.6 is 0 Å². The molecule has 0 aromatic carbocycles. The Morgan fingerprint density at radius 3 is 2.55 bits per heavy atom. The van der Waals surface area contributed by atoms with Gasteiger partial charge < -0.3 is 10.2 Å². The zero-order valence-electron chi connectivity index (χ0n) is 13.9. The minimum atomic E-state index is 0.589. The highest BCUT2D eigenvalue weighted by Gasteiger charge is 2.12. The van der Waals surface area contributed by atoms with Gasteiger partial charge in [-0.25, -0.2) is 0 Å². The summed E-state index contributed by atoms with van der Waals surface area (Å²) < 4.78 is 1.94. The van der Waals surface area contributed by atoms with Crippen molar-refractivity contribution in [3.05, 3.63) is 11.9 Å². The maximum Gasteiger partial charge on any atom is 0.0964 e. The lowest BCUT2D eigenvalue weighted by Crippen LogP contribution is -2.35. The summed E-state index contributed by atoms with van der Waals surface area (Å²) in [4.78, 5) is 2.38. The normalized spacial score (nSPS) is 13.7. The van der Waals surface area contributed by atoms with Gasteiger partial charge >= 0.3 is 0 Å². The third kappa shape index (κ3) is 6.01. The van der Waals surface area contributed by atoms with Crippen molar-refractivity contribution in [1.82, 2.24) is 25.2 Å². The van der Waals surface area contributed by atoms with Crippen LogP contribution < -0.4 is 5.32 Å². The second-order valence-corrected chi connectivity index (χ2v) is 6.46. The molecular formula is C15H31N5. The fraction of sp³-hybridized carbons (Fsp3) is 0.867. The van der Waals surface area contributed by atoms with E-state index in [2.05, 4.69) is 62.2 Å².